The first-order chi connectivity index (χ1) is 8.85. The summed E-state index contributed by atoms with van der Waals surface area (Å²) in [6, 6.07) is 6.63. The Morgan fingerprint density at radius 3 is 2.83 bits per heavy atom. The molecule has 0 radical (unpaired) electrons. The molecule has 96 valence electrons. The first-order valence-corrected chi connectivity index (χ1v) is 6.98. The van der Waals surface area contributed by atoms with Crippen molar-refractivity contribution in [2.24, 2.45) is 0 Å². The summed E-state index contributed by atoms with van der Waals surface area (Å²) in [4.78, 5) is 4.65. The van der Waals surface area contributed by atoms with Gasteiger partial charge in [0.25, 0.3) is 0 Å². The van der Waals surface area contributed by atoms with Crippen LogP contribution in [0.1, 0.15) is 37.5 Å². The minimum Gasteiger partial charge on any atom is -0.494 e. The van der Waals surface area contributed by atoms with Crippen molar-refractivity contribution in [3.05, 3.63) is 24.0 Å². The van der Waals surface area contributed by atoms with Crippen LogP contribution in [0.5, 0.6) is 5.75 Å². The van der Waals surface area contributed by atoms with Gasteiger partial charge in [0.1, 0.15) is 17.1 Å². The van der Waals surface area contributed by atoms with E-state index >= 15 is 0 Å². The number of para-hydroxylation sites is 1. The number of methoxy groups -OCH3 is 1. The number of rotatable bonds is 3. The fourth-order valence-electron chi connectivity index (χ4n) is 2.97. The van der Waals surface area contributed by atoms with Crippen molar-refractivity contribution < 1.29 is 4.74 Å². The van der Waals surface area contributed by atoms with Crippen LogP contribution in [0.4, 0.5) is 0 Å². The van der Waals surface area contributed by atoms with E-state index in [1.807, 2.05) is 12.1 Å². The highest BCUT2D eigenvalue weighted by Gasteiger charge is 2.23. The lowest BCUT2D eigenvalue weighted by Crippen LogP contribution is -2.07. The van der Waals surface area contributed by atoms with Gasteiger partial charge < -0.3 is 9.30 Å². The van der Waals surface area contributed by atoms with Gasteiger partial charge in [0, 0.05) is 6.04 Å². The lowest BCUT2D eigenvalue weighted by molar-refractivity contribution is 0.419. The maximum absolute atomic E-state index is 6.05. The van der Waals surface area contributed by atoms with E-state index in [4.69, 9.17) is 16.3 Å². The van der Waals surface area contributed by atoms with E-state index in [0.29, 0.717) is 11.9 Å². The normalized spacial score (nSPS) is 16.6. The SMILES string of the molecule is COc1cccc2c1nc(CCl)n2C1CCCC1. The van der Waals surface area contributed by atoms with Crippen LogP contribution in [0, 0.1) is 0 Å². The van der Waals surface area contributed by atoms with E-state index in [2.05, 4.69) is 15.6 Å². The standard InChI is InChI=1S/C14H17ClN2O/c1-18-12-8-4-7-11-14(12)16-13(9-15)17(11)10-5-2-3-6-10/h4,7-8,10H,2-3,5-6,9H2,1H3. The van der Waals surface area contributed by atoms with Crippen LogP contribution in [-0.2, 0) is 5.88 Å². The van der Waals surface area contributed by atoms with Gasteiger partial charge in [0.15, 0.2) is 0 Å². The summed E-state index contributed by atoms with van der Waals surface area (Å²) in [5, 5.41) is 0. The molecule has 0 spiro atoms. The Morgan fingerprint density at radius 2 is 2.17 bits per heavy atom. The molecule has 0 aliphatic heterocycles. The second kappa shape index (κ2) is 4.81. The Hall–Kier alpha value is -1.22. The summed E-state index contributed by atoms with van der Waals surface area (Å²) in [5.74, 6) is 2.24. The number of nitrogens with zero attached hydrogens (tertiary/aromatic N) is 2. The number of ether oxygens (including phenoxy) is 1. The number of hydrogen-bond donors (Lipinski definition) is 0. The first-order valence-electron chi connectivity index (χ1n) is 6.45. The van der Waals surface area contributed by atoms with Gasteiger partial charge in [0.05, 0.1) is 18.5 Å². The molecular formula is C14H17ClN2O. The van der Waals surface area contributed by atoms with Crippen molar-refractivity contribution in [2.75, 3.05) is 7.11 Å². The smallest absolute Gasteiger partial charge is 0.146 e. The summed E-state index contributed by atoms with van der Waals surface area (Å²) in [7, 11) is 1.68. The second-order valence-electron chi connectivity index (χ2n) is 4.80. The number of benzene rings is 1. The van der Waals surface area contributed by atoms with Crippen LogP contribution >= 0.6 is 11.6 Å². The molecule has 0 atom stereocenters. The number of hydrogen-bond acceptors (Lipinski definition) is 2. The molecule has 1 heterocycles. The lowest BCUT2D eigenvalue weighted by atomic mass is 10.2. The third-order valence-corrected chi connectivity index (χ3v) is 4.02. The van der Waals surface area contributed by atoms with Crippen molar-refractivity contribution >= 4 is 22.6 Å². The minimum atomic E-state index is 0.453. The van der Waals surface area contributed by atoms with Crippen molar-refractivity contribution in [3.63, 3.8) is 0 Å². The third kappa shape index (κ3) is 1.77. The van der Waals surface area contributed by atoms with Crippen LogP contribution < -0.4 is 4.74 Å². The van der Waals surface area contributed by atoms with Gasteiger partial charge in [-0.05, 0) is 25.0 Å². The maximum Gasteiger partial charge on any atom is 0.146 e. The van der Waals surface area contributed by atoms with E-state index in [1.54, 1.807) is 7.11 Å². The van der Waals surface area contributed by atoms with Crippen molar-refractivity contribution in [1.82, 2.24) is 9.55 Å². The van der Waals surface area contributed by atoms with Gasteiger partial charge in [-0.1, -0.05) is 18.9 Å². The fourth-order valence-corrected chi connectivity index (χ4v) is 3.16. The number of imidazole rings is 1. The molecule has 1 fully saturated rings. The van der Waals surface area contributed by atoms with Crippen LogP contribution in [0.25, 0.3) is 11.0 Å². The molecule has 18 heavy (non-hydrogen) atoms. The van der Waals surface area contributed by atoms with Crippen molar-refractivity contribution in [3.8, 4) is 5.75 Å². The van der Waals surface area contributed by atoms with Gasteiger partial charge >= 0.3 is 0 Å². The number of alkyl halides is 1. The van der Waals surface area contributed by atoms with Crippen LogP contribution in [-0.4, -0.2) is 16.7 Å². The molecule has 1 aliphatic rings. The predicted molar refractivity (Wildman–Crippen MR) is 73.3 cm³/mol. The summed E-state index contributed by atoms with van der Waals surface area (Å²) >= 11 is 6.05. The molecule has 4 heteroatoms. The molecular weight excluding hydrogens is 248 g/mol. The number of fused-ring (bicyclic) bond motifs is 1. The number of aromatic nitrogens is 2. The quantitative estimate of drug-likeness (QED) is 0.786. The molecule has 0 N–H and O–H groups in total. The van der Waals surface area contributed by atoms with Gasteiger partial charge in [-0.25, -0.2) is 4.98 Å². The zero-order valence-corrected chi connectivity index (χ0v) is 11.3. The van der Waals surface area contributed by atoms with Crippen LogP contribution in [0.3, 0.4) is 0 Å². The van der Waals surface area contributed by atoms with Gasteiger partial charge in [-0.2, -0.15) is 0 Å². The van der Waals surface area contributed by atoms with Gasteiger partial charge in [0.2, 0.25) is 0 Å². The molecule has 1 aromatic heterocycles. The molecule has 0 unspecified atom stereocenters. The monoisotopic (exact) mass is 264 g/mol. The highest BCUT2D eigenvalue weighted by atomic mass is 35.5. The zero-order valence-electron chi connectivity index (χ0n) is 10.5. The van der Waals surface area contributed by atoms with Gasteiger partial charge in [-0.15, -0.1) is 11.6 Å². The predicted octanol–water partition coefficient (Wildman–Crippen LogP) is 3.90. The molecule has 0 saturated heterocycles. The Balaban J connectivity index is 2.21. The molecule has 3 rings (SSSR count). The topological polar surface area (TPSA) is 27.1 Å². The Labute approximate surface area is 112 Å². The largest absolute Gasteiger partial charge is 0.494 e. The third-order valence-electron chi connectivity index (χ3n) is 3.79. The first kappa shape index (κ1) is 11.8. The summed E-state index contributed by atoms with van der Waals surface area (Å²) in [6.07, 6.45) is 5.06. The molecule has 1 aromatic carbocycles. The Kier molecular flexibility index (Phi) is 3.16. The van der Waals surface area contributed by atoms with Crippen LogP contribution in [0.15, 0.2) is 18.2 Å². The second-order valence-corrected chi connectivity index (χ2v) is 5.07. The maximum atomic E-state index is 6.05. The highest BCUT2D eigenvalue weighted by molar-refractivity contribution is 6.16. The number of halogens is 1. The van der Waals surface area contributed by atoms with Crippen LogP contribution in [0.2, 0.25) is 0 Å². The molecule has 0 amide bonds. The average Bonchev–Trinajstić information content (AvgIpc) is 3.03. The summed E-state index contributed by atoms with van der Waals surface area (Å²) < 4.78 is 7.70. The molecule has 2 aromatic rings. The van der Waals surface area contributed by atoms with E-state index in [1.165, 1.54) is 25.7 Å². The highest BCUT2D eigenvalue weighted by Crippen LogP contribution is 2.36. The molecule has 3 nitrogen and oxygen atoms in total. The Bertz CT molecular complexity index is 558. The summed E-state index contributed by atoms with van der Waals surface area (Å²) in [6.45, 7) is 0. The van der Waals surface area contributed by atoms with Gasteiger partial charge in [-0.3, -0.25) is 0 Å². The zero-order chi connectivity index (χ0) is 12.5. The molecule has 0 bridgehead atoms. The van der Waals surface area contributed by atoms with E-state index < -0.39 is 0 Å². The van der Waals surface area contributed by atoms with Crippen molar-refractivity contribution in [1.29, 1.82) is 0 Å². The molecule has 1 saturated carbocycles. The van der Waals surface area contributed by atoms with E-state index in [0.717, 1.165) is 22.6 Å². The minimum absolute atomic E-state index is 0.453. The fraction of sp³-hybridized carbons (Fsp3) is 0.500. The summed E-state index contributed by atoms with van der Waals surface area (Å²) in [5.41, 5.74) is 2.08. The van der Waals surface area contributed by atoms with E-state index in [-0.39, 0.29) is 0 Å². The average molecular weight is 265 g/mol. The van der Waals surface area contributed by atoms with E-state index in [9.17, 15) is 0 Å². The Morgan fingerprint density at radius 1 is 1.39 bits per heavy atom. The van der Waals surface area contributed by atoms with Crippen molar-refractivity contribution in [2.45, 2.75) is 37.6 Å². The lowest BCUT2D eigenvalue weighted by Gasteiger charge is -2.15. The molecule has 1 aliphatic carbocycles.